The monoisotopic (exact) mass is 292 g/mol. The predicted molar refractivity (Wildman–Crippen MR) is 61.0 cm³/mol. The molecule has 1 aromatic rings. The van der Waals surface area contributed by atoms with Gasteiger partial charge in [-0.1, -0.05) is 6.92 Å². The number of carbonyl (C=O) groups excluding carboxylic acids is 1. The van der Waals surface area contributed by atoms with Gasteiger partial charge in [0, 0.05) is 10.5 Å². The van der Waals surface area contributed by atoms with Crippen LogP contribution in [0.25, 0.3) is 0 Å². The first kappa shape index (κ1) is 13.1. The molecule has 0 aliphatic carbocycles. The molecule has 0 fully saturated rings. The van der Waals surface area contributed by atoms with Crippen molar-refractivity contribution in [1.82, 2.24) is 0 Å². The van der Waals surface area contributed by atoms with E-state index in [9.17, 15) is 13.6 Å². The van der Waals surface area contributed by atoms with Crippen LogP contribution in [0.15, 0.2) is 16.6 Å². The zero-order chi connectivity index (χ0) is 12.3. The number of nitrogens with one attached hydrogen (secondary N) is 1. The summed E-state index contributed by atoms with van der Waals surface area (Å²) < 4.78 is 26.2. The van der Waals surface area contributed by atoms with Crippen molar-refractivity contribution in [3.8, 4) is 0 Å². The first-order valence-corrected chi connectivity index (χ1v) is 5.46. The third-order valence-corrected chi connectivity index (χ3v) is 2.66. The van der Waals surface area contributed by atoms with Crippen molar-refractivity contribution < 1.29 is 13.6 Å². The van der Waals surface area contributed by atoms with Gasteiger partial charge in [-0.25, -0.2) is 8.78 Å². The highest BCUT2D eigenvalue weighted by Gasteiger charge is 2.16. The van der Waals surface area contributed by atoms with Crippen LogP contribution in [-0.4, -0.2) is 11.9 Å². The Bertz CT molecular complexity index is 389. The Morgan fingerprint density at radius 2 is 2.19 bits per heavy atom. The topological polar surface area (TPSA) is 55.1 Å². The van der Waals surface area contributed by atoms with E-state index in [4.69, 9.17) is 5.73 Å². The molecule has 1 amide bonds. The van der Waals surface area contributed by atoms with Crippen LogP contribution in [0.1, 0.15) is 13.3 Å². The quantitative estimate of drug-likeness (QED) is 0.899. The van der Waals surface area contributed by atoms with Crippen molar-refractivity contribution in [2.45, 2.75) is 19.4 Å². The van der Waals surface area contributed by atoms with Gasteiger partial charge in [0.15, 0.2) is 5.82 Å². The molecule has 3 N–H and O–H groups in total. The van der Waals surface area contributed by atoms with Crippen LogP contribution in [-0.2, 0) is 4.79 Å². The molecule has 0 bridgehead atoms. The first-order valence-electron chi connectivity index (χ1n) is 4.66. The summed E-state index contributed by atoms with van der Waals surface area (Å²) in [7, 11) is 0. The molecular formula is C10H11BrF2N2O. The summed E-state index contributed by atoms with van der Waals surface area (Å²) in [6.07, 6.45) is 0.437. The van der Waals surface area contributed by atoms with Crippen LogP contribution in [0.2, 0.25) is 0 Å². The molecule has 3 nitrogen and oxygen atoms in total. The molecule has 0 saturated heterocycles. The summed E-state index contributed by atoms with van der Waals surface area (Å²) in [4.78, 5) is 11.4. The van der Waals surface area contributed by atoms with Gasteiger partial charge in [-0.05, 0) is 28.4 Å². The molecule has 0 heterocycles. The fraction of sp³-hybridized carbons (Fsp3) is 0.300. The standard InChI is InChI=1S/C10H11BrF2N2O/c1-2-8(14)10(16)15-9-6(11)3-5(12)4-7(9)13/h3-4,8H,2,14H2,1H3,(H,15,16)/t8-/m0/s1. The lowest BCUT2D eigenvalue weighted by Gasteiger charge is -2.12. The second-order valence-corrected chi connectivity index (χ2v) is 4.10. The maximum absolute atomic E-state index is 13.3. The summed E-state index contributed by atoms with van der Waals surface area (Å²) in [6.45, 7) is 1.74. The molecule has 6 heteroatoms. The van der Waals surface area contributed by atoms with Crippen LogP contribution in [0.5, 0.6) is 0 Å². The average molecular weight is 293 g/mol. The van der Waals surface area contributed by atoms with Gasteiger partial charge in [-0.15, -0.1) is 0 Å². The smallest absolute Gasteiger partial charge is 0.241 e. The van der Waals surface area contributed by atoms with Crippen molar-refractivity contribution in [2.24, 2.45) is 5.73 Å². The molecule has 0 unspecified atom stereocenters. The minimum absolute atomic E-state index is 0.102. The zero-order valence-electron chi connectivity index (χ0n) is 8.56. The van der Waals surface area contributed by atoms with Gasteiger partial charge in [0.05, 0.1) is 11.7 Å². The molecule has 16 heavy (non-hydrogen) atoms. The van der Waals surface area contributed by atoms with Crippen molar-refractivity contribution in [3.05, 3.63) is 28.2 Å². The summed E-state index contributed by atoms with van der Waals surface area (Å²) in [5.41, 5.74) is 5.37. The van der Waals surface area contributed by atoms with Crippen LogP contribution in [0.3, 0.4) is 0 Å². The zero-order valence-corrected chi connectivity index (χ0v) is 10.1. The third kappa shape index (κ3) is 2.99. The maximum atomic E-state index is 13.3. The highest BCUT2D eigenvalue weighted by molar-refractivity contribution is 9.10. The number of halogens is 3. The van der Waals surface area contributed by atoms with Gasteiger partial charge < -0.3 is 11.1 Å². The third-order valence-electron chi connectivity index (χ3n) is 2.03. The van der Waals surface area contributed by atoms with Crippen molar-refractivity contribution in [3.63, 3.8) is 0 Å². The van der Waals surface area contributed by atoms with Gasteiger partial charge >= 0.3 is 0 Å². The highest BCUT2D eigenvalue weighted by atomic mass is 79.9. The minimum Gasteiger partial charge on any atom is -0.321 e. The summed E-state index contributed by atoms with van der Waals surface area (Å²) in [5.74, 6) is -2.07. The second kappa shape index (κ2) is 5.36. The van der Waals surface area contributed by atoms with E-state index in [1.165, 1.54) is 0 Å². The lowest BCUT2D eigenvalue weighted by Crippen LogP contribution is -2.35. The predicted octanol–water partition coefficient (Wildman–Crippen LogP) is 2.40. The number of hydrogen-bond donors (Lipinski definition) is 2. The van der Waals surface area contributed by atoms with E-state index in [0.29, 0.717) is 12.5 Å². The van der Waals surface area contributed by atoms with E-state index in [0.717, 1.165) is 6.07 Å². The lowest BCUT2D eigenvalue weighted by molar-refractivity contribution is -0.117. The van der Waals surface area contributed by atoms with Crippen molar-refractivity contribution >= 4 is 27.5 Å². The number of benzene rings is 1. The molecule has 0 aliphatic heterocycles. The molecule has 1 aromatic carbocycles. The lowest BCUT2D eigenvalue weighted by atomic mass is 10.2. The Kier molecular flexibility index (Phi) is 4.37. The Hall–Kier alpha value is -1.01. The Balaban J connectivity index is 2.93. The van der Waals surface area contributed by atoms with Gasteiger partial charge in [-0.3, -0.25) is 4.79 Å². The van der Waals surface area contributed by atoms with E-state index in [1.54, 1.807) is 6.92 Å². The van der Waals surface area contributed by atoms with Gasteiger partial charge in [0.2, 0.25) is 5.91 Å². The average Bonchev–Trinajstić information content (AvgIpc) is 2.21. The van der Waals surface area contributed by atoms with E-state index in [2.05, 4.69) is 21.2 Å². The number of carbonyl (C=O) groups is 1. The van der Waals surface area contributed by atoms with Crippen LogP contribution >= 0.6 is 15.9 Å². The molecule has 0 radical (unpaired) electrons. The van der Waals surface area contributed by atoms with E-state index in [-0.39, 0.29) is 10.2 Å². The van der Waals surface area contributed by atoms with E-state index in [1.807, 2.05) is 0 Å². The van der Waals surface area contributed by atoms with E-state index >= 15 is 0 Å². The molecule has 0 aliphatic rings. The highest BCUT2D eigenvalue weighted by Crippen LogP contribution is 2.26. The molecule has 1 rings (SSSR count). The van der Waals surface area contributed by atoms with Gasteiger partial charge in [0.25, 0.3) is 0 Å². The number of anilines is 1. The molecule has 0 saturated carbocycles. The molecule has 0 spiro atoms. The first-order chi connectivity index (χ1) is 7.45. The fourth-order valence-corrected chi connectivity index (χ4v) is 1.57. The Morgan fingerprint density at radius 1 is 1.56 bits per heavy atom. The van der Waals surface area contributed by atoms with Crippen LogP contribution in [0.4, 0.5) is 14.5 Å². The molecule has 0 aromatic heterocycles. The maximum Gasteiger partial charge on any atom is 0.241 e. The number of hydrogen-bond acceptors (Lipinski definition) is 2. The van der Waals surface area contributed by atoms with Crippen LogP contribution in [0, 0.1) is 11.6 Å². The summed E-state index contributed by atoms with van der Waals surface area (Å²) >= 11 is 2.96. The normalized spacial score (nSPS) is 12.3. The van der Waals surface area contributed by atoms with Crippen molar-refractivity contribution in [1.29, 1.82) is 0 Å². The molecule has 88 valence electrons. The molecule has 1 atom stereocenters. The largest absolute Gasteiger partial charge is 0.321 e. The SMILES string of the molecule is CC[C@H](N)C(=O)Nc1c(F)cc(F)cc1Br. The van der Waals surface area contributed by atoms with Crippen molar-refractivity contribution in [2.75, 3.05) is 5.32 Å². The Morgan fingerprint density at radius 3 is 2.69 bits per heavy atom. The van der Waals surface area contributed by atoms with Gasteiger partial charge in [0.1, 0.15) is 5.82 Å². The second-order valence-electron chi connectivity index (χ2n) is 3.25. The Labute approximate surface area is 100 Å². The number of nitrogens with two attached hydrogens (primary N) is 1. The van der Waals surface area contributed by atoms with Crippen LogP contribution < -0.4 is 11.1 Å². The van der Waals surface area contributed by atoms with Gasteiger partial charge in [-0.2, -0.15) is 0 Å². The fourth-order valence-electron chi connectivity index (χ4n) is 1.06. The molecular weight excluding hydrogens is 282 g/mol. The number of amides is 1. The summed E-state index contributed by atoms with van der Waals surface area (Å²) in [6, 6.07) is 1.05. The summed E-state index contributed by atoms with van der Waals surface area (Å²) in [5, 5.41) is 2.30. The van der Waals surface area contributed by atoms with E-state index < -0.39 is 23.6 Å². The number of rotatable bonds is 3. The minimum atomic E-state index is -0.844.